The van der Waals surface area contributed by atoms with Gasteiger partial charge in [0.2, 0.25) is 0 Å². The van der Waals surface area contributed by atoms with Crippen LogP contribution in [0.15, 0.2) is 0 Å². The average Bonchev–Trinajstić information content (AvgIpc) is 2.53. The van der Waals surface area contributed by atoms with Crippen molar-refractivity contribution in [1.82, 2.24) is 0 Å². The lowest BCUT2D eigenvalue weighted by molar-refractivity contribution is -0.305. The molecule has 0 amide bonds. The van der Waals surface area contributed by atoms with Gasteiger partial charge in [0, 0.05) is 0 Å². The molecule has 0 aromatic heterocycles. The Hall–Kier alpha value is -0.730. The van der Waals surface area contributed by atoms with E-state index in [1.165, 1.54) is 19.3 Å². The minimum atomic E-state index is -1.67. The van der Waals surface area contributed by atoms with E-state index >= 15 is 0 Å². The maximum absolute atomic E-state index is 11.1. The number of carboxylic acids is 1. The van der Waals surface area contributed by atoms with Gasteiger partial charge >= 0.3 is 5.97 Å². The second-order valence-electron chi connectivity index (χ2n) is 6.55. The van der Waals surface area contributed by atoms with Crippen molar-refractivity contribution in [1.29, 1.82) is 0 Å². The molecule has 0 aromatic rings. The molecule has 7 nitrogen and oxygen atoms in total. The minimum Gasteiger partial charge on any atom is -0.479 e. The van der Waals surface area contributed by atoms with E-state index in [1.54, 1.807) is 0 Å². The van der Waals surface area contributed by atoms with Crippen molar-refractivity contribution in [2.75, 3.05) is 0 Å². The highest BCUT2D eigenvalue weighted by Crippen LogP contribution is 2.26. The van der Waals surface area contributed by atoms with Crippen LogP contribution in [0.2, 0.25) is 0 Å². The van der Waals surface area contributed by atoms with E-state index < -0.39 is 36.7 Å². The van der Waals surface area contributed by atoms with Crippen LogP contribution in [0.1, 0.15) is 57.8 Å². The number of rotatable bonds is 3. The fourth-order valence-corrected chi connectivity index (χ4v) is 3.26. The van der Waals surface area contributed by atoms with Gasteiger partial charge in [-0.2, -0.15) is 0 Å². The van der Waals surface area contributed by atoms with Crippen LogP contribution < -0.4 is 0 Å². The van der Waals surface area contributed by atoms with Crippen LogP contribution in [-0.4, -0.2) is 63.2 Å². The molecule has 1 aliphatic heterocycles. The molecule has 5 atom stereocenters. The lowest BCUT2D eigenvalue weighted by Crippen LogP contribution is -2.60. The Bertz CT molecular complexity index is 365. The van der Waals surface area contributed by atoms with Crippen molar-refractivity contribution in [2.45, 2.75) is 94.6 Å². The lowest BCUT2D eigenvalue weighted by Gasteiger charge is -2.40. The first kappa shape index (κ1) is 18.6. The molecule has 1 saturated heterocycles. The molecular formula is C16H28O7. The summed E-state index contributed by atoms with van der Waals surface area (Å²) in [5.41, 5.74) is 0. The Balaban J connectivity index is 1.96. The lowest BCUT2D eigenvalue weighted by atomic mass is 9.97. The van der Waals surface area contributed by atoms with Crippen LogP contribution in [0.3, 0.4) is 0 Å². The summed E-state index contributed by atoms with van der Waals surface area (Å²) < 4.78 is 11.0. The second kappa shape index (κ2) is 8.94. The van der Waals surface area contributed by atoms with Crippen molar-refractivity contribution in [2.24, 2.45) is 0 Å². The van der Waals surface area contributed by atoms with E-state index in [-0.39, 0.29) is 6.10 Å². The molecule has 2 aliphatic rings. The Morgan fingerprint density at radius 1 is 0.826 bits per heavy atom. The Morgan fingerprint density at radius 3 is 1.87 bits per heavy atom. The van der Waals surface area contributed by atoms with Crippen molar-refractivity contribution < 1.29 is 34.7 Å². The van der Waals surface area contributed by atoms with Crippen molar-refractivity contribution in [3.63, 3.8) is 0 Å². The molecule has 23 heavy (non-hydrogen) atoms. The third-order valence-electron chi connectivity index (χ3n) is 4.69. The van der Waals surface area contributed by atoms with Gasteiger partial charge in [-0.1, -0.05) is 44.9 Å². The maximum Gasteiger partial charge on any atom is 0.335 e. The number of aliphatic hydroxyl groups excluding tert-OH is 3. The monoisotopic (exact) mass is 332 g/mol. The SMILES string of the molecule is O=C(O)[C@H]1O[C@@H](OC2CCCCCCCCC2)[C@H](O)[C@@H](O)[C@@H]1O. The summed E-state index contributed by atoms with van der Waals surface area (Å²) in [7, 11) is 0. The third kappa shape index (κ3) is 5.12. The second-order valence-corrected chi connectivity index (χ2v) is 6.55. The fourth-order valence-electron chi connectivity index (χ4n) is 3.26. The molecule has 134 valence electrons. The van der Waals surface area contributed by atoms with Crippen LogP contribution in [0.4, 0.5) is 0 Å². The molecule has 1 heterocycles. The molecule has 2 rings (SSSR count). The standard InChI is InChI=1S/C16H28O7/c17-11-12(18)14(15(20)21)23-16(13(11)19)22-10-8-6-4-2-1-3-5-7-9-10/h10-14,16-19H,1-9H2,(H,20,21)/t11-,12-,13+,14-,16+/m0/s1. The molecule has 0 bridgehead atoms. The summed E-state index contributed by atoms with van der Waals surface area (Å²) in [5, 5.41) is 38.6. The zero-order chi connectivity index (χ0) is 16.8. The van der Waals surface area contributed by atoms with Crippen LogP contribution in [-0.2, 0) is 14.3 Å². The van der Waals surface area contributed by atoms with Crippen molar-refractivity contribution in [3.8, 4) is 0 Å². The van der Waals surface area contributed by atoms with Gasteiger partial charge in [-0.3, -0.25) is 0 Å². The highest BCUT2D eigenvalue weighted by Gasteiger charge is 2.48. The quantitative estimate of drug-likeness (QED) is 0.603. The van der Waals surface area contributed by atoms with Crippen LogP contribution >= 0.6 is 0 Å². The molecule has 1 aliphatic carbocycles. The zero-order valence-corrected chi connectivity index (χ0v) is 13.3. The Morgan fingerprint density at radius 2 is 1.35 bits per heavy atom. The molecule has 0 radical (unpaired) electrons. The zero-order valence-electron chi connectivity index (χ0n) is 13.3. The molecule has 1 saturated carbocycles. The number of hydrogen-bond acceptors (Lipinski definition) is 6. The van der Waals surface area contributed by atoms with E-state index in [0.29, 0.717) is 0 Å². The van der Waals surface area contributed by atoms with Gasteiger partial charge < -0.3 is 29.9 Å². The summed E-state index contributed by atoms with van der Waals surface area (Å²) in [5.74, 6) is -1.39. The topological polar surface area (TPSA) is 116 Å². The van der Waals surface area contributed by atoms with Gasteiger partial charge in [0.15, 0.2) is 12.4 Å². The normalized spacial score (nSPS) is 38.1. The van der Waals surface area contributed by atoms with E-state index in [9.17, 15) is 20.1 Å². The van der Waals surface area contributed by atoms with Crippen LogP contribution in [0.5, 0.6) is 0 Å². The molecular weight excluding hydrogens is 304 g/mol. The number of aliphatic carboxylic acids is 1. The fraction of sp³-hybridized carbons (Fsp3) is 0.938. The summed E-state index contributed by atoms with van der Waals surface area (Å²) in [4.78, 5) is 11.1. The number of ether oxygens (including phenoxy) is 2. The molecule has 2 fully saturated rings. The van der Waals surface area contributed by atoms with Gasteiger partial charge in [-0.15, -0.1) is 0 Å². The predicted molar refractivity (Wildman–Crippen MR) is 80.7 cm³/mol. The number of carbonyl (C=O) groups is 1. The van der Waals surface area contributed by atoms with E-state index in [2.05, 4.69) is 0 Å². The number of carboxylic acid groups (broad SMARTS) is 1. The highest BCUT2D eigenvalue weighted by atomic mass is 16.7. The first-order valence-electron chi connectivity index (χ1n) is 8.58. The highest BCUT2D eigenvalue weighted by molar-refractivity contribution is 5.73. The Kier molecular flexibility index (Phi) is 7.23. The maximum atomic E-state index is 11.1. The largest absolute Gasteiger partial charge is 0.479 e. The summed E-state index contributed by atoms with van der Waals surface area (Å²) >= 11 is 0. The van der Waals surface area contributed by atoms with E-state index in [1.807, 2.05) is 0 Å². The van der Waals surface area contributed by atoms with Gasteiger partial charge in [0.05, 0.1) is 6.10 Å². The van der Waals surface area contributed by atoms with Gasteiger partial charge in [-0.25, -0.2) is 4.79 Å². The van der Waals surface area contributed by atoms with Gasteiger partial charge in [0.25, 0.3) is 0 Å². The van der Waals surface area contributed by atoms with E-state index in [0.717, 1.165) is 38.5 Å². The summed E-state index contributed by atoms with van der Waals surface area (Å²) in [6.07, 6.45) is 1.92. The van der Waals surface area contributed by atoms with Gasteiger partial charge in [-0.05, 0) is 12.8 Å². The first-order valence-corrected chi connectivity index (χ1v) is 8.58. The van der Waals surface area contributed by atoms with Crippen LogP contribution in [0.25, 0.3) is 0 Å². The predicted octanol–water partition coefficient (Wildman–Crippen LogP) is 0.788. The van der Waals surface area contributed by atoms with Crippen molar-refractivity contribution in [3.05, 3.63) is 0 Å². The molecule has 0 unspecified atom stereocenters. The molecule has 0 aromatic carbocycles. The summed E-state index contributed by atoms with van der Waals surface area (Å²) in [6, 6.07) is 0. The first-order chi connectivity index (χ1) is 11.0. The molecule has 4 N–H and O–H groups in total. The summed E-state index contributed by atoms with van der Waals surface area (Å²) in [6.45, 7) is 0. The minimum absolute atomic E-state index is 0.135. The smallest absolute Gasteiger partial charge is 0.335 e. The number of aliphatic hydroxyl groups is 3. The van der Waals surface area contributed by atoms with Gasteiger partial charge in [0.1, 0.15) is 18.3 Å². The van der Waals surface area contributed by atoms with Crippen molar-refractivity contribution >= 4 is 5.97 Å². The molecule has 0 spiro atoms. The third-order valence-corrected chi connectivity index (χ3v) is 4.69. The van der Waals surface area contributed by atoms with E-state index in [4.69, 9.17) is 14.6 Å². The number of hydrogen-bond donors (Lipinski definition) is 4. The molecule has 7 heteroatoms. The Labute approximate surface area is 136 Å². The van der Waals surface area contributed by atoms with Crippen LogP contribution in [0, 0.1) is 0 Å². The average molecular weight is 332 g/mol.